The zero-order valence-corrected chi connectivity index (χ0v) is 10.2. The Morgan fingerprint density at radius 2 is 2.29 bits per heavy atom. The molecule has 0 fully saturated rings. The van der Waals surface area contributed by atoms with E-state index >= 15 is 0 Å². The van der Waals surface area contributed by atoms with Crippen LogP contribution in [0, 0.1) is 0 Å². The van der Waals surface area contributed by atoms with E-state index in [0.29, 0.717) is 18.0 Å². The number of urea groups is 1. The van der Waals surface area contributed by atoms with Crippen molar-refractivity contribution in [2.75, 3.05) is 19.0 Å². The molecule has 0 radical (unpaired) electrons. The molecule has 0 bridgehead atoms. The number of anilines is 1. The first-order chi connectivity index (χ1) is 8.15. The first kappa shape index (κ1) is 13.3. The molecule has 1 unspecified atom stereocenters. The molecule has 1 rings (SSSR count). The molecule has 0 aliphatic rings. The number of nitrogens with one attached hydrogen (secondary N) is 2. The van der Waals surface area contributed by atoms with Crippen LogP contribution in [0.25, 0.3) is 0 Å². The number of carbonyl (C=O) groups excluding carboxylic acids is 1. The maximum absolute atomic E-state index is 11.6. The van der Waals surface area contributed by atoms with Crippen LogP contribution < -0.4 is 21.1 Å². The minimum atomic E-state index is -0.237. The topological polar surface area (TPSA) is 76.4 Å². The number of hydrogen-bond donors (Lipinski definition) is 3. The highest BCUT2D eigenvalue weighted by atomic mass is 16.5. The van der Waals surface area contributed by atoms with Crippen LogP contribution in [0.15, 0.2) is 24.3 Å². The van der Waals surface area contributed by atoms with E-state index in [4.69, 9.17) is 10.5 Å². The van der Waals surface area contributed by atoms with Gasteiger partial charge in [-0.15, -0.1) is 0 Å². The number of methoxy groups -OCH3 is 1. The van der Waals surface area contributed by atoms with Crippen molar-refractivity contribution in [3.8, 4) is 5.75 Å². The van der Waals surface area contributed by atoms with Crippen molar-refractivity contribution in [3.05, 3.63) is 24.3 Å². The molecule has 5 heteroatoms. The molecular weight excluding hydrogens is 218 g/mol. The molecule has 17 heavy (non-hydrogen) atoms. The third-order valence-corrected chi connectivity index (χ3v) is 2.30. The van der Waals surface area contributed by atoms with E-state index in [1.54, 1.807) is 19.2 Å². The molecule has 0 saturated heterocycles. The lowest BCUT2D eigenvalue weighted by atomic mass is 10.2. The normalized spacial score (nSPS) is 11.7. The minimum absolute atomic E-state index is 0.0607. The van der Waals surface area contributed by atoms with Gasteiger partial charge in [0.25, 0.3) is 0 Å². The number of ether oxygens (including phenoxy) is 1. The van der Waals surface area contributed by atoms with E-state index < -0.39 is 0 Å². The maximum Gasteiger partial charge on any atom is 0.319 e. The van der Waals surface area contributed by atoms with Crippen molar-refractivity contribution >= 4 is 11.7 Å². The predicted molar refractivity (Wildman–Crippen MR) is 68.3 cm³/mol. The molecule has 0 aliphatic heterocycles. The van der Waals surface area contributed by atoms with Gasteiger partial charge in [0.05, 0.1) is 7.11 Å². The summed E-state index contributed by atoms with van der Waals surface area (Å²) in [6.07, 6.45) is 0.755. The van der Waals surface area contributed by atoms with Gasteiger partial charge in [0.2, 0.25) is 0 Å². The monoisotopic (exact) mass is 237 g/mol. The van der Waals surface area contributed by atoms with Crippen LogP contribution in [0.5, 0.6) is 5.75 Å². The first-order valence-corrected chi connectivity index (χ1v) is 5.57. The molecule has 1 atom stereocenters. The van der Waals surface area contributed by atoms with Crippen LogP contribution in [0.4, 0.5) is 10.5 Å². The van der Waals surface area contributed by atoms with Crippen molar-refractivity contribution in [1.82, 2.24) is 5.32 Å². The average Bonchev–Trinajstić information content (AvgIpc) is 2.29. The fraction of sp³-hybridized carbons (Fsp3) is 0.417. The summed E-state index contributed by atoms with van der Waals surface area (Å²) in [6.45, 7) is 2.47. The lowest BCUT2D eigenvalue weighted by Gasteiger charge is -2.13. The summed E-state index contributed by atoms with van der Waals surface area (Å²) in [6, 6.07) is 7.02. The lowest BCUT2D eigenvalue weighted by Crippen LogP contribution is -2.37. The average molecular weight is 237 g/mol. The molecule has 1 aromatic rings. The van der Waals surface area contributed by atoms with E-state index in [2.05, 4.69) is 10.6 Å². The van der Waals surface area contributed by atoms with E-state index in [0.717, 1.165) is 6.42 Å². The van der Waals surface area contributed by atoms with Crippen molar-refractivity contribution < 1.29 is 9.53 Å². The number of hydrogen-bond acceptors (Lipinski definition) is 3. The van der Waals surface area contributed by atoms with Crippen molar-refractivity contribution in [2.24, 2.45) is 5.73 Å². The molecule has 2 amide bonds. The first-order valence-electron chi connectivity index (χ1n) is 5.57. The predicted octanol–water partition coefficient (Wildman–Crippen LogP) is 1.55. The minimum Gasteiger partial charge on any atom is -0.497 e. The van der Waals surface area contributed by atoms with Gasteiger partial charge in [-0.3, -0.25) is 0 Å². The summed E-state index contributed by atoms with van der Waals surface area (Å²) in [5, 5.41) is 5.53. The van der Waals surface area contributed by atoms with Crippen LogP contribution in [-0.2, 0) is 0 Å². The Hall–Kier alpha value is -1.75. The van der Waals surface area contributed by atoms with Gasteiger partial charge in [0.1, 0.15) is 5.75 Å². The molecule has 0 heterocycles. The van der Waals surface area contributed by atoms with Crippen LogP contribution in [0.2, 0.25) is 0 Å². The Bertz CT molecular complexity index is 369. The fourth-order valence-electron chi connectivity index (χ4n) is 1.41. The molecular formula is C12H19N3O2. The zero-order chi connectivity index (χ0) is 12.7. The summed E-state index contributed by atoms with van der Waals surface area (Å²) < 4.78 is 5.07. The van der Waals surface area contributed by atoms with Gasteiger partial charge in [-0.25, -0.2) is 4.79 Å². The second kappa shape index (κ2) is 6.75. The molecule has 5 nitrogen and oxygen atoms in total. The third kappa shape index (κ3) is 4.74. The highest BCUT2D eigenvalue weighted by Gasteiger charge is 2.06. The van der Waals surface area contributed by atoms with E-state index in [9.17, 15) is 4.79 Å². The zero-order valence-electron chi connectivity index (χ0n) is 10.2. The number of benzene rings is 1. The Morgan fingerprint density at radius 1 is 1.53 bits per heavy atom. The van der Waals surface area contributed by atoms with Crippen LogP contribution in [0.3, 0.4) is 0 Å². The lowest BCUT2D eigenvalue weighted by molar-refractivity contribution is 0.249. The Kier molecular flexibility index (Phi) is 5.29. The van der Waals surface area contributed by atoms with E-state index in [-0.39, 0.29) is 12.1 Å². The van der Waals surface area contributed by atoms with Gasteiger partial charge >= 0.3 is 6.03 Å². The third-order valence-electron chi connectivity index (χ3n) is 2.30. The Morgan fingerprint density at radius 3 is 2.94 bits per heavy atom. The van der Waals surface area contributed by atoms with Gasteiger partial charge in [0.15, 0.2) is 0 Å². The van der Waals surface area contributed by atoms with Gasteiger partial charge in [0, 0.05) is 17.8 Å². The van der Waals surface area contributed by atoms with E-state index in [1.807, 2.05) is 19.1 Å². The summed E-state index contributed by atoms with van der Waals surface area (Å²) in [5.74, 6) is 0.706. The van der Waals surface area contributed by atoms with Crippen molar-refractivity contribution in [2.45, 2.75) is 19.4 Å². The van der Waals surface area contributed by atoms with Gasteiger partial charge in [-0.2, -0.15) is 0 Å². The molecule has 4 N–H and O–H groups in total. The summed E-state index contributed by atoms with van der Waals surface area (Å²) in [4.78, 5) is 11.6. The van der Waals surface area contributed by atoms with Gasteiger partial charge < -0.3 is 21.1 Å². The maximum atomic E-state index is 11.6. The molecule has 94 valence electrons. The largest absolute Gasteiger partial charge is 0.497 e. The quantitative estimate of drug-likeness (QED) is 0.727. The summed E-state index contributed by atoms with van der Waals surface area (Å²) >= 11 is 0. The molecule has 0 spiro atoms. The number of amides is 2. The van der Waals surface area contributed by atoms with Crippen LogP contribution in [0.1, 0.15) is 13.3 Å². The molecule has 0 aromatic heterocycles. The summed E-state index contributed by atoms with van der Waals surface area (Å²) in [5.41, 5.74) is 6.10. The fourth-order valence-corrected chi connectivity index (χ4v) is 1.41. The standard InChI is InChI=1S/C12H19N3O2/c1-9(6-7-13)14-12(16)15-10-4-3-5-11(8-10)17-2/h3-5,8-9H,6-7,13H2,1-2H3,(H2,14,15,16). The number of rotatable bonds is 5. The second-order valence-corrected chi connectivity index (χ2v) is 3.81. The van der Waals surface area contributed by atoms with Crippen molar-refractivity contribution in [3.63, 3.8) is 0 Å². The van der Waals surface area contributed by atoms with Crippen molar-refractivity contribution in [1.29, 1.82) is 0 Å². The smallest absolute Gasteiger partial charge is 0.319 e. The van der Waals surface area contributed by atoms with E-state index in [1.165, 1.54) is 0 Å². The number of nitrogens with two attached hydrogens (primary N) is 1. The van der Waals surface area contributed by atoms with Gasteiger partial charge in [-0.05, 0) is 32.0 Å². The summed E-state index contributed by atoms with van der Waals surface area (Å²) in [7, 11) is 1.59. The highest BCUT2D eigenvalue weighted by molar-refractivity contribution is 5.89. The van der Waals surface area contributed by atoms with Gasteiger partial charge in [-0.1, -0.05) is 6.07 Å². The molecule has 0 saturated carbocycles. The SMILES string of the molecule is COc1cccc(NC(=O)NC(C)CCN)c1. The second-order valence-electron chi connectivity index (χ2n) is 3.81. The number of carbonyl (C=O) groups is 1. The highest BCUT2D eigenvalue weighted by Crippen LogP contribution is 2.16. The Labute approximate surface area is 101 Å². The molecule has 0 aliphatic carbocycles. The van der Waals surface area contributed by atoms with Crippen LogP contribution in [-0.4, -0.2) is 25.7 Å². The Balaban J connectivity index is 2.49. The van der Waals surface area contributed by atoms with Crippen LogP contribution >= 0.6 is 0 Å². The molecule has 1 aromatic carbocycles.